The molecule has 0 spiro atoms. The topological polar surface area (TPSA) is 51.2 Å². The molecule has 0 N–H and O–H groups in total. The van der Waals surface area contributed by atoms with Gasteiger partial charge < -0.3 is 24.0 Å². The molecule has 1 aromatic rings. The number of amides is 1. The summed E-state index contributed by atoms with van der Waals surface area (Å²) in [5.41, 5.74) is 0.728. The van der Waals surface area contributed by atoms with Gasteiger partial charge in [0, 0.05) is 31.9 Å². The molecule has 0 bridgehead atoms. The van der Waals surface area contributed by atoms with Crippen LogP contribution in [0.5, 0.6) is 0 Å². The van der Waals surface area contributed by atoms with Crippen LogP contribution >= 0.6 is 0 Å². The second-order valence-electron chi connectivity index (χ2n) is 7.04. The minimum Gasteiger partial charge on any atom is -0.455 e. The second kappa shape index (κ2) is 6.82. The highest BCUT2D eigenvalue weighted by molar-refractivity contribution is 5.68. The SMILES string of the molecule is CC(C)(C)OC(=O)N1CCN(c2ccc(F)c(C3OC=CO3)c2)CC1. The largest absolute Gasteiger partial charge is 0.455 e. The summed E-state index contributed by atoms with van der Waals surface area (Å²) in [6.07, 6.45) is 1.75. The summed E-state index contributed by atoms with van der Waals surface area (Å²) in [4.78, 5) is 15.9. The highest BCUT2D eigenvalue weighted by atomic mass is 19.1. The summed E-state index contributed by atoms with van der Waals surface area (Å²) < 4.78 is 29.9. The Hall–Kier alpha value is -2.44. The molecule has 2 aliphatic heterocycles. The lowest BCUT2D eigenvalue weighted by Gasteiger charge is -2.37. The maximum absolute atomic E-state index is 14.0. The Bertz CT molecular complexity index is 656. The van der Waals surface area contributed by atoms with Crippen LogP contribution in [0.1, 0.15) is 32.6 Å². The molecule has 1 saturated heterocycles. The lowest BCUT2D eigenvalue weighted by atomic mass is 10.1. The number of nitrogens with zero attached hydrogens (tertiary/aromatic N) is 2. The average Bonchev–Trinajstić information content (AvgIpc) is 3.08. The highest BCUT2D eigenvalue weighted by Gasteiger charge is 2.27. The molecule has 136 valence electrons. The van der Waals surface area contributed by atoms with E-state index in [4.69, 9.17) is 14.2 Å². The van der Waals surface area contributed by atoms with Gasteiger partial charge in [-0.3, -0.25) is 0 Å². The van der Waals surface area contributed by atoms with Crippen molar-refractivity contribution < 1.29 is 23.4 Å². The van der Waals surface area contributed by atoms with Crippen molar-refractivity contribution in [3.05, 3.63) is 42.1 Å². The van der Waals surface area contributed by atoms with Crippen molar-refractivity contribution in [2.24, 2.45) is 0 Å². The molecule has 0 aliphatic carbocycles. The zero-order valence-electron chi connectivity index (χ0n) is 14.7. The molecule has 2 heterocycles. The number of anilines is 1. The molecule has 0 unspecified atom stereocenters. The molecule has 7 heteroatoms. The Morgan fingerprint density at radius 3 is 2.40 bits per heavy atom. The number of hydrogen-bond acceptors (Lipinski definition) is 5. The smallest absolute Gasteiger partial charge is 0.410 e. The van der Waals surface area contributed by atoms with Gasteiger partial charge in [-0.1, -0.05) is 0 Å². The molecule has 0 aromatic heterocycles. The van der Waals surface area contributed by atoms with Gasteiger partial charge >= 0.3 is 6.09 Å². The van der Waals surface area contributed by atoms with E-state index in [1.54, 1.807) is 17.0 Å². The molecule has 1 fully saturated rings. The predicted molar refractivity (Wildman–Crippen MR) is 90.5 cm³/mol. The molecule has 0 radical (unpaired) electrons. The molecular weight excluding hydrogens is 327 g/mol. The fourth-order valence-corrected chi connectivity index (χ4v) is 2.77. The second-order valence-corrected chi connectivity index (χ2v) is 7.04. The Labute approximate surface area is 146 Å². The Morgan fingerprint density at radius 1 is 1.16 bits per heavy atom. The lowest BCUT2D eigenvalue weighted by molar-refractivity contribution is -0.0271. The normalized spacial score (nSPS) is 18.1. The van der Waals surface area contributed by atoms with E-state index in [0.29, 0.717) is 31.7 Å². The van der Waals surface area contributed by atoms with Crippen molar-refractivity contribution >= 4 is 11.8 Å². The first kappa shape index (κ1) is 17.4. The summed E-state index contributed by atoms with van der Waals surface area (Å²) in [5.74, 6) is -0.371. The zero-order valence-corrected chi connectivity index (χ0v) is 14.7. The molecule has 3 rings (SSSR count). The summed E-state index contributed by atoms with van der Waals surface area (Å²) in [6.45, 7) is 7.96. The van der Waals surface area contributed by atoms with Crippen molar-refractivity contribution in [1.82, 2.24) is 4.90 Å². The molecule has 0 atom stereocenters. The summed E-state index contributed by atoms with van der Waals surface area (Å²) in [7, 11) is 0. The van der Waals surface area contributed by atoms with Gasteiger partial charge in [0.15, 0.2) is 0 Å². The Morgan fingerprint density at radius 2 is 1.80 bits per heavy atom. The van der Waals surface area contributed by atoms with E-state index in [2.05, 4.69) is 4.90 Å². The number of piperazine rings is 1. The fraction of sp³-hybridized carbons (Fsp3) is 0.500. The van der Waals surface area contributed by atoms with E-state index in [9.17, 15) is 9.18 Å². The highest BCUT2D eigenvalue weighted by Crippen LogP contribution is 2.30. The third kappa shape index (κ3) is 4.15. The van der Waals surface area contributed by atoms with Crippen LogP contribution in [0.25, 0.3) is 0 Å². The van der Waals surface area contributed by atoms with Crippen LogP contribution in [0.2, 0.25) is 0 Å². The third-order valence-corrected chi connectivity index (χ3v) is 3.99. The average molecular weight is 350 g/mol. The van der Waals surface area contributed by atoms with E-state index in [-0.39, 0.29) is 11.9 Å². The number of ether oxygens (including phenoxy) is 3. The monoisotopic (exact) mass is 350 g/mol. The lowest BCUT2D eigenvalue weighted by Crippen LogP contribution is -2.50. The molecule has 1 aromatic carbocycles. The van der Waals surface area contributed by atoms with Gasteiger partial charge in [0.05, 0.1) is 5.56 Å². The number of rotatable bonds is 2. The molecule has 6 nitrogen and oxygen atoms in total. The van der Waals surface area contributed by atoms with E-state index in [1.807, 2.05) is 20.8 Å². The van der Waals surface area contributed by atoms with Gasteiger partial charge in [-0.05, 0) is 39.0 Å². The van der Waals surface area contributed by atoms with Gasteiger partial charge in [0.1, 0.15) is 23.9 Å². The summed E-state index contributed by atoms with van der Waals surface area (Å²) in [6, 6.07) is 4.87. The first-order valence-electron chi connectivity index (χ1n) is 8.32. The van der Waals surface area contributed by atoms with Crippen molar-refractivity contribution in [2.45, 2.75) is 32.7 Å². The molecule has 0 saturated carbocycles. The van der Waals surface area contributed by atoms with Crippen molar-refractivity contribution in [3.63, 3.8) is 0 Å². The van der Waals surface area contributed by atoms with E-state index >= 15 is 0 Å². The van der Waals surface area contributed by atoms with Crippen LogP contribution < -0.4 is 4.90 Å². The molecule has 2 aliphatic rings. The number of carbonyl (C=O) groups excluding carboxylic acids is 1. The van der Waals surface area contributed by atoms with Gasteiger partial charge in [-0.2, -0.15) is 0 Å². The number of carbonyl (C=O) groups is 1. The third-order valence-electron chi connectivity index (χ3n) is 3.99. The van der Waals surface area contributed by atoms with Crippen molar-refractivity contribution in [1.29, 1.82) is 0 Å². The number of hydrogen-bond donors (Lipinski definition) is 0. The van der Waals surface area contributed by atoms with Crippen molar-refractivity contribution in [3.8, 4) is 0 Å². The summed E-state index contributed by atoms with van der Waals surface area (Å²) >= 11 is 0. The van der Waals surface area contributed by atoms with E-state index < -0.39 is 11.9 Å². The van der Waals surface area contributed by atoms with Crippen molar-refractivity contribution in [2.75, 3.05) is 31.1 Å². The summed E-state index contributed by atoms with van der Waals surface area (Å²) in [5, 5.41) is 0. The van der Waals surface area contributed by atoms with E-state index in [1.165, 1.54) is 18.6 Å². The van der Waals surface area contributed by atoms with Gasteiger partial charge in [0.2, 0.25) is 0 Å². The number of halogens is 1. The van der Waals surface area contributed by atoms with Gasteiger partial charge in [-0.15, -0.1) is 0 Å². The molecule has 25 heavy (non-hydrogen) atoms. The quantitative estimate of drug-likeness (QED) is 0.818. The fourth-order valence-electron chi connectivity index (χ4n) is 2.77. The van der Waals surface area contributed by atoms with E-state index in [0.717, 1.165) is 5.69 Å². The van der Waals surface area contributed by atoms with Gasteiger partial charge in [0.25, 0.3) is 6.29 Å². The maximum atomic E-state index is 14.0. The van der Waals surface area contributed by atoms with Crippen LogP contribution in [0.15, 0.2) is 30.7 Å². The molecular formula is C18H23FN2O4. The maximum Gasteiger partial charge on any atom is 0.410 e. The van der Waals surface area contributed by atoms with Gasteiger partial charge in [-0.25, -0.2) is 9.18 Å². The minimum atomic E-state index is -0.747. The van der Waals surface area contributed by atoms with Crippen LogP contribution in [-0.4, -0.2) is 42.8 Å². The molecule has 1 amide bonds. The number of benzene rings is 1. The Kier molecular flexibility index (Phi) is 4.74. The first-order valence-corrected chi connectivity index (χ1v) is 8.32. The zero-order chi connectivity index (χ0) is 18.0. The van der Waals surface area contributed by atoms with Crippen LogP contribution in [0.4, 0.5) is 14.9 Å². The first-order chi connectivity index (χ1) is 11.8. The Balaban J connectivity index is 1.63. The predicted octanol–water partition coefficient (Wildman–Crippen LogP) is 3.40. The van der Waals surface area contributed by atoms with Crippen LogP contribution in [0.3, 0.4) is 0 Å². The van der Waals surface area contributed by atoms with Crippen LogP contribution in [0, 0.1) is 5.82 Å². The standard InChI is InChI=1S/C18H23FN2O4/c1-18(2,3)25-17(22)21-8-6-20(7-9-21)13-4-5-15(19)14(12-13)16-23-10-11-24-16/h4-5,10-12,16H,6-9H2,1-3H3. The minimum absolute atomic E-state index is 0.300. The van der Waals surface area contributed by atoms with Crippen LogP contribution in [-0.2, 0) is 14.2 Å².